The number of nitrogen functional groups attached to an aromatic ring is 1. The molecular formula is C10H10NO6PS. The number of hydrogen-bond acceptors (Lipinski definition) is 4. The van der Waals surface area contributed by atoms with Gasteiger partial charge in [-0.1, -0.05) is 6.07 Å². The van der Waals surface area contributed by atoms with Crippen molar-refractivity contribution in [2.45, 2.75) is 4.90 Å². The number of hydrogen-bond donors (Lipinski definition) is 4. The van der Waals surface area contributed by atoms with Crippen molar-refractivity contribution < 1.29 is 27.3 Å². The Hall–Kier alpha value is -1.44. The molecule has 0 fully saturated rings. The molecule has 0 saturated carbocycles. The molecule has 0 atom stereocenters. The van der Waals surface area contributed by atoms with Crippen LogP contribution in [0.3, 0.4) is 0 Å². The maximum atomic E-state index is 11.3. The van der Waals surface area contributed by atoms with E-state index in [9.17, 15) is 13.0 Å². The highest BCUT2D eigenvalue weighted by Crippen LogP contribution is 2.36. The SMILES string of the molecule is Nc1ccc2c(S(=O)(=O)O)cc(P(=O)(O)O)cc2c1. The topological polar surface area (TPSA) is 138 Å². The van der Waals surface area contributed by atoms with Gasteiger partial charge in [0.2, 0.25) is 0 Å². The lowest BCUT2D eigenvalue weighted by molar-refractivity contribution is 0.387. The molecule has 0 radical (unpaired) electrons. The molecule has 0 aliphatic heterocycles. The summed E-state index contributed by atoms with van der Waals surface area (Å²) in [6.45, 7) is 0. The molecule has 0 spiro atoms. The Morgan fingerprint density at radius 3 is 2.26 bits per heavy atom. The van der Waals surface area contributed by atoms with Gasteiger partial charge in [-0.05, 0) is 29.7 Å². The predicted octanol–water partition coefficient (Wildman–Crippen LogP) is 0.472. The first-order chi connectivity index (χ1) is 8.59. The summed E-state index contributed by atoms with van der Waals surface area (Å²) < 4.78 is 42.9. The molecular weight excluding hydrogens is 293 g/mol. The van der Waals surface area contributed by atoms with Gasteiger partial charge in [-0.15, -0.1) is 0 Å². The molecule has 0 saturated heterocycles. The summed E-state index contributed by atoms with van der Waals surface area (Å²) in [4.78, 5) is 17.7. The fraction of sp³-hybridized carbons (Fsp3) is 0. The van der Waals surface area contributed by atoms with Gasteiger partial charge in [0.25, 0.3) is 10.1 Å². The lowest BCUT2D eigenvalue weighted by Crippen LogP contribution is -2.09. The quantitative estimate of drug-likeness (QED) is 0.359. The zero-order valence-corrected chi connectivity index (χ0v) is 11.1. The minimum Gasteiger partial charge on any atom is -0.399 e. The molecule has 0 aromatic heterocycles. The molecule has 0 aliphatic carbocycles. The first kappa shape index (κ1) is 14.0. The number of benzene rings is 2. The van der Waals surface area contributed by atoms with Crippen LogP contribution in [0.5, 0.6) is 0 Å². The van der Waals surface area contributed by atoms with E-state index >= 15 is 0 Å². The van der Waals surface area contributed by atoms with Gasteiger partial charge in [0.1, 0.15) is 4.90 Å². The maximum absolute atomic E-state index is 11.3. The van der Waals surface area contributed by atoms with E-state index in [-0.39, 0.29) is 10.8 Å². The lowest BCUT2D eigenvalue weighted by atomic mass is 10.1. The molecule has 0 unspecified atom stereocenters. The van der Waals surface area contributed by atoms with Crippen molar-refractivity contribution in [1.82, 2.24) is 0 Å². The molecule has 7 nitrogen and oxygen atoms in total. The van der Waals surface area contributed by atoms with Crippen molar-refractivity contribution in [3.8, 4) is 0 Å². The molecule has 2 aromatic rings. The van der Waals surface area contributed by atoms with Crippen LogP contribution in [0.25, 0.3) is 10.8 Å². The normalized spacial score (nSPS) is 12.8. The molecule has 102 valence electrons. The molecule has 0 bridgehead atoms. The average Bonchev–Trinajstić information content (AvgIpc) is 2.24. The third-order valence-electron chi connectivity index (χ3n) is 2.54. The van der Waals surface area contributed by atoms with Gasteiger partial charge in [-0.3, -0.25) is 9.12 Å². The van der Waals surface area contributed by atoms with Gasteiger partial charge in [-0.2, -0.15) is 8.42 Å². The minimum atomic E-state index is -4.65. The average molecular weight is 303 g/mol. The second-order valence-corrected chi connectivity index (χ2v) is 6.94. The zero-order chi connectivity index (χ0) is 14.4. The summed E-state index contributed by atoms with van der Waals surface area (Å²) in [6, 6.07) is 6.05. The van der Waals surface area contributed by atoms with Crippen LogP contribution in [0.4, 0.5) is 5.69 Å². The van der Waals surface area contributed by atoms with Crippen LogP contribution in [0.1, 0.15) is 0 Å². The Morgan fingerprint density at radius 2 is 1.74 bits per heavy atom. The monoisotopic (exact) mass is 303 g/mol. The van der Waals surface area contributed by atoms with Crippen molar-refractivity contribution >= 4 is 39.5 Å². The van der Waals surface area contributed by atoms with Crippen LogP contribution in [0.15, 0.2) is 35.2 Å². The molecule has 5 N–H and O–H groups in total. The molecule has 0 aliphatic rings. The van der Waals surface area contributed by atoms with E-state index in [1.54, 1.807) is 0 Å². The molecule has 2 rings (SSSR count). The number of fused-ring (bicyclic) bond motifs is 1. The van der Waals surface area contributed by atoms with Crippen molar-refractivity contribution in [3.05, 3.63) is 30.3 Å². The van der Waals surface area contributed by atoms with Crippen LogP contribution >= 0.6 is 7.60 Å². The fourth-order valence-electron chi connectivity index (χ4n) is 1.72. The van der Waals surface area contributed by atoms with Crippen LogP contribution in [-0.4, -0.2) is 22.8 Å². The molecule has 19 heavy (non-hydrogen) atoms. The van der Waals surface area contributed by atoms with Crippen molar-refractivity contribution in [2.75, 3.05) is 5.73 Å². The summed E-state index contributed by atoms with van der Waals surface area (Å²) in [5, 5.41) is -0.152. The van der Waals surface area contributed by atoms with E-state index in [0.29, 0.717) is 5.69 Å². The van der Waals surface area contributed by atoms with Crippen molar-refractivity contribution in [2.24, 2.45) is 0 Å². The number of rotatable bonds is 2. The highest BCUT2D eigenvalue weighted by atomic mass is 32.2. The molecule has 9 heteroatoms. The Labute approximate surface area is 108 Å². The van der Waals surface area contributed by atoms with E-state index in [4.69, 9.17) is 20.1 Å². The van der Waals surface area contributed by atoms with Gasteiger partial charge in [0.15, 0.2) is 0 Å². The van der Waals surface area contributed by atoms with Gasteiger partial charge >= 0.3 is 7.60 Å². The maximum Gasteiger partial charge on any atom is 0.356 e. The standard InChI is InChI=1S/C10H10NO6PS/c11-7-1-2-9-6(3-7)4-8(18(12,13)14)5-10(9)19(15,16)17/h1-5H,11H2,(H2,12,13,14)(H,15,16,17). The van der Waals surface area contributed by atoms with Crippen LogP contribution in [0.2, 0.25) is 0 Å². The van der Waals surface area contributed by atoms with Crippen LogP contribution in [-0.2, 0) is 14.7 Å². The van der Waals surface area contributed by atoms with E-state index < -0.39 is 27.9 Å². The van der Waals surface area contributed by atoms with E-state index in [0.717, 1.165) is 12.1 Å². The van der Waals surface area contributed by atoms with E-state index in [1.807, 2.05) is 0 Å². The van der Waals surface area contributed by atoms with Crippen LogP contribution < -0.4 is 11.0 Å². The Bertz CT molecular complexity index is 810. The first-order valence-corrected chi connectivity index (χ1v) is 8.01. The summed E-state index contributed by atoms with van der Waals surface area (Å²) >= 11 is 0. The summed E-state index contributed by atoms with van der Waals surface area (Å²) in [5.74, 6) is 0. The number of nitrogens with two attached hydrogens (primary N) is 1. The Morgan fingerprint density at radius 1 is 1.11 bits per heavy atom. The number of anilines is 1. The second-order valence-electron chi connectivity index (χ2n) is 3.94. The molecule has 2 aromatic carbocycles. The van der Waals surface area contributed by atoms with Gasteiger partial charge < -0.3 is 15.5 Å². The van der Waals surface area contributed by atoms with Gasteiger partial charge in [-0.25, -0.2) is 0 Å². The van der Waals surface area contributed by atoms with Crippen LogP contribution in [0, 0.1) is 0 Å². The fourth-order valence-corrected chi connectivity index (χ4v) is 3.15. The third kappa shape index (κ3) is 2.78. The minimum absolute atomic E-state index is 0.133. The van der Waals surface area contributed by atoms with Crippen molar-refractivity contribution in [1.29, 1.82) is 0 Å². The molecule has 0 heterocycles. The summed E-state index contributed by atoms with van der Waals surface area (Å²) in [5.41, 5.74) is 5.84. The van der Waals surface area contributed by atoms with E-state index in [1.165, 1.54) is 18.2 Å². The zero-order valence-electron chi connectivity index (χ0n) is 9.39. The highest BCUT2D eigenvalue weighted by Gasteiger charge is 2.23. The summed E-state index contributed by atoms with van der Waals surface area (Å²) in [7, 11) is -9.26. The lowest BCUT2D eigenvalue weighted by Gasteiger charge is -2.10. The highest BCUT2D eigenvalue weighted by molar-refractivity contribution is 7.86. The van der Waals surface area contributed by atoms with Crippen molar-refractivity contribution in [3.63, 3.8) is 0 Å². The Balaban J connectivity index is 2.97. The van der Waals surface area contributed by atoms with Gasteiger partial charge in [0, 0.05) is 11.1 Å². The third-order valence-corrected chi connectivity index (χ3v) is 4.36. The van der Waals surface area contributed by atoms with Gasteiger partial charge in [0.05, 0.1) is 5.30 Å². The smallest absolute Gasteiger partial charge is 0.356 e. The second kappa shape index (κ2) is 4.29. The predicted molar refractivity (Wildman–Crippen MR) is 69.9 cm³/mol. The summed E-state index contributed by atoms with van der Waals surface area (Å²) in [6.07, 6.45) is 0. The molecule has 0 amide bonds. The van der Waals surface area contributed by atoms with E-state index in [2.05, 4.69) is 0 Å². The first-order valence-electron chi connectivity index (χ1n) is 4.96. The Kier molecular flexibility index (Phi) is 3.16. The largest absolute Gasteiger partial charge is 0.399 e.